The molecule has 3 aromatic carbocycles. The fraction of sp³-hybridized carbons (Fsp3) is 0.276. The van der Waals surface area contributed by atoms with Crippen LogP contribution < -0.4 is 15.0 Å². The van der Waals surface area contributed by atoms with Crippen LogP contribution in [0.5, 0.6) is 11.5 Å². The van der Waals surface area contributed by atoms with E-state index in [4.69, 9.17) is 4.74 Å². The minimum atomic E-state index is -1.02. The van der Waals surface area contributed by atoms with Gasteiger partial charge < -0.3 is 19.6 Å². The van der Waals surface area contributed by atoms with Gasteiger partial charge in [0.2, 0.25) is 0 Å². The monoisotopic (exact) mass is 522 g/mol. The Kier molecular flexibility index (Phi) is 9.56. The number of ether oxygens (including phenoxy) is 1. The second-order valence-electron chi connectivity index (χ2n) is 9.96. The second kappa shape index (κ2) is 12.8. The first kappa shape index (κ1) is 28.3. The number of hydrogen-bond donors (Lipinski definition) is 2. The van der Waals surface area contributed by atoms with Gasteiger partial charge in [-0.05, 0) is 60.7 Å². The van der Waals surface area contributed by atoms with Gasteiger partial charge in [0.25, 0.3) is 0 Å². The molecule has 0 aromatic heterocycles. The number of rotatable bonds is 12. The molecule has 3 aromatic rings. The third-order valence-corrected chi connectivity index (χ3v) is 5.62. The van der Waals surface area contributed by atoms with Crippen molar-refractivity contribution in [1.82, 2.24) is 5.32 Å². The average molecular weight is 523 g/mol. The van der Waals surface area contributed by atoms with Crippen LogP contribution in [-0.2, 0) is 4.79 Å². The number of benzene rings is 3. The number of para-hydroxylation sites is 1. The quantitative estimate of drug-likeness (QED) is 0.259. The molecule has 0 saturated heterocycles. The number of amides is 2. The van der Waals surface area contributed by atoms with E-state index in [-0.39, 0.29) is 25.2 Å². The van der Waals surface area contributed by atoms with E-state index in [2.05, 4.69) is 5.32 Å². The molecule has 0 radical (unpaired) electrons. The molecule has 2 amide bonds. The number of hydrogen-bond acceptors (Lipinski definition) is 4. The first-order valence-corrected chi connectivity index (χ1v) is 12.2. The maximum Gasteiger partial charge on any atom is 0.322 e. The number of carboxylic acid groups (broad SMARTS) is 1. The Hall–Kier alpha value is -4.24. The van der Waals surface area contributed by atoms with E-state index < -0.39 is 23.9 Å². The van der Waals surface area contributed by atoms with E-state index in [1.807, 2.05) is 51.5 Å². The van der Waals surface area contributed by atoms with Crippen LogP contribution in [0.3, 0.4) is 0 Å². The van der Waals surface area contributed by atoms with Gasteiger partial charge in [0.15, 0.2) is 5.78 Å². The summed E-state index contributed by atoms with van der Waals surface area (Å²) in [5.41, 5.74) is 0.848. The first-order chi connectivity index (χ1) is 18.0. The maximum atomic E-state index is 13.4. The number of quaternary nitrogens is 1. The van der Waals surface area contributed by atoms with E-state index in [1.165, 1.54) is 29.2 Å². The molecular weight excluding hydrogens is 489 g/mol. The third kappa shape index (κ3) is 9.01. The van der Waals surface area contributed by atoms with Crippen molar-refractivity contribution in [3.63, 3.8) is 0 Å². The van der Waals surface area contributed by atoms with Gasteiger partial charge in [-0.15, -0.1) is 0 Å². The molecule has 0 spiro atoms. The van der Waals surface area contributed by atoms with E-state index in [0.29, 0.717) is 33.8 Å². The molecule has 1 atom stereocenters. The van der Waals surface area contributed by atoms with Crippen LogP contribution in [0.4, 0.5) is 14.9 Å². The number of likely N-dealkylation sites (N-methyl/N-ethyl adjacent to an activating group) is 1. The van der Waals surface area contributed by atoms with Crippen LogP contribution in [0.2, 0.25) is 0 Å². The van der Waals surface area contributed by atoms with E-state index in [9.17, 15) is 23.9 Å². The van der Waals surface area contributed by atoms with Crippen molar-refractivity contribution in [3.8, 4) is 11.5 Å². The standard InChI is InChI=1S/C29H32FN3O5/c1-33(2,3)20-23(19-28(35)36)31-29(37)32(18-17-27(34)21-9-11-22(30)12-10-21)24-13-15-26(16-14-24)38-25-7-5-4-6-8-25/h4-16,23H,17-20H2,1-3H3,(H-,31,35,36,37)/p+1. The Morgan fingerprint density at radius 3 is 2.11 bits per heavy atom. The molecule has 0 fully saturated rings. The zero-order valence-electron chi connectivity index (χ0n) is 21.8. The van der Waals surface area contributed by atoms with Crippen LogP contribution in [0.15, 0.2) is 78.9 Å². The zero-order valence-corrected chi connectivity index (χ0v) is 21.8. The van der Waals surface area contributed by atoms with E-state index in [1.54, 1.807) is 24.3 Å². The molecular formula is C29H33FN3O5+. The van der Waals surface area contributed by atoms with Gasteiger partial charge in [-0.1, -0.05) is 18.2 Å². The first-order valence-electron chi connectivity index (χ1n) is 12.2. The molecule has 8 nitrogen and oxygen atoms in total. The molecule has 1 unspecified atom stereocenters. The van der Waals surface area contributed by atoms with Gasteiger partial charge in [0, 0.05) is 24.2 Å². The van der Waals surface area contributed by atoms with Crippen LogP contribution in [0, 0.1) is 5.82 Å². The summed E-state index contributed by atoms with van der Waals surface area (Å²) >= 11 is 0. The van der Waals surface area contributed by atoms with Crippen LogP contribution in [-0.4, -0.2) is 67.6 Å². The van der Waals surface area contributed by atoms with Crippen LogP contribution in [0.25, 0.3) is 0 Å². The number of carbonyl (C=O) groups excluding carboxylic acids is 2. The summed E-state index contributed by atoms with van der Waals surface area (Å²) in [6, 6.07) is 20.2. The largest absolute Gasteiger partial charge is 0.481 e. The number of ketones is 1. The molecule has 2 N–H and O–H groups in total. The molecule has 38 heavy (non-hydrogen) atoms. The van der Waals surface area contributed by atoms with Crippen LogP contribution in [0.1, 0.15) is 23.2 Å². The molecule has 0 aliphatic heterocycles. The van der Waals surface area contributed by atoms with Crippen molar-refractivity contribution in [1.29, 1.82) is 0 Å². The van der Waals surface area contributed by atoms with Crippen molar-refractivity contribution < 1.29 is 33.1 Å². The second-order valence-corrected chi connectivity index (χ2v) is 9.96. The topological polar surface area (TPSA) is 95.9 Å². The lowest BCUT2D eigenvalue weighted by Crippen LogP contribution is -2.53. The molecule has 3 rings (SSSR count). The van der Waals surface area contributed by atoms with Crippen molar-refractivity contribution in [2.45, 2.75) is 18.9 Å². The normalized spacial score (nSPS) is 11.9. The number of halogens is 1. The average Bonchev–Trinajstić information content (AvgIpc) is 2.84. The Bertz CT molecular complexity index is 1230. The number of carbonyl (C=O) groups is 3. The predicted molar refractivity (Wildman–Crippen MR) is 143 cm³/mol. The lowest BCUT2D eigenvalue weighted by Gasteiger charge is -2.31. The minimum absolute atomic E-state index is 0.0136. The van der Waals surface area contributed by atoms with Crippen molar-refractivity contribution in [2.24, 2.45) is 0 Å². The van der Waals surface area contributed by atoms with Gasteiger partial charge >= 0.3 is 12.0 Å². The van der Waals surface area contributed by atoms with Gasteiger partial charge in [0.1, 0.15) is 17.3 Å². The summed E-state index contributed by atoms with van der Waals surface area (Å²) in [5, 5.41) is 12.2. The molecule has 0 aliphatic carbocycles. The van der Waals surface area contributed by atoms with E-state index in [0.717, 1.165) is 0 Å². The lowest BCUT2D eigenvalue weighted by molar-refractivity contribution is -0.871. The lowest BCUT2D eigenvalue weighted by atomic mass is 10.1. The maximum absolute atomic E-state index is 13.4. The highest BCUT2D eigenvalue weighted by Gasteiger charge is 2.26. The highest BCUT2D eigenvalue weighted by atomic mass is 19.1. The zero-order chi connectivity index (χ0) is 27.7. The molecule has 200 valence electrons. The molecule has 0 bridgehead atoms. The number of carboxylic acids is 1. The minimum Gasteiger partial charge on any atom is -0.481 e. The van der Waals surface area contributed by atoms with Crippen molar-refractivity contribution >= 4 is 23.5 Å². The predicted octanol–water partition coefficient (Wildman–Crippen LogP) is 4.96. The third-order valence-electron chi connectivity index (χ3n) is 5.62. The smallest absolute Gasteiger partial charge is 0.322 e. The summed E-state index contributed by atoms with van der Waals surface area (Å²) in [4.78, 5) is 39.0. The fourth-order valence-corrected chi connectivity index (χ4v) is 3.95. The van der Waals surface area contributed by atoms with E-state index >= 15 is 0 Å². The summed E-state index contributed by atoms with van der Waals surface area (Å²) < 4.78 is 19.5. The number of aliphatic carboxylic acids is 1. The SMILES string of the molecule is C[N+](C)(C)CC(CC(=O)O)NC(=O)N(CCC(=O)c1ccc(F)cc1)c1ccc(Oc2ccccc2)cc1. The van der Waals surface area contributed by atoms with Crippen LogP contribution >= 0.6 is 0 Å². The number of anilines is 1. The Labute approximate surface area is 221 Å². The van der Waals surface area contributed by atoms with Gasteiger partial charge in [-0.25, -0.2) is 9.18 Å². The molecule has 0 aliphatic rings. The number of nitrogens with one attached hydrogen (secondary N) is 1. The summed E-state index contributed by atoms with van der Waals surface area (Å²) in [6.07, 6.45) is -0.256. The number of nitrogens with zero attached hydrogens (tertiary/aromatic N) is 2. The number of Topliss-reactive ketones (excluding diaryl/α,β-unsaturated/α-hetero) is 1. The summed E-state index contributed by atoms with van der Waals surface area (Å²) in [5.74, 6) is -0.486. The fourth-order valence-electron chi connectivity index (χ4n) is 3.95. The van der Waals surface area contributed by atoms with Crippen molar-refractivity contribution in [2.75, 3.05) is 39.1 Å². The number of urea groups is 1. The Balaban J connectivity index is 1.80. The van der Waals surface area contributed by atoms with Gasteiger partial charge in [-0.3, -0.25) is 14.5 Å². The summed E-state index contributed by atoms with van der Waals surface area (Å²) in [6.45, 7) is 0.426. The highest BCUT2D eigenvalue weighted by molar-refractivity contribution is 5.98. The molecule has 9 heteroatoms. The van der Waals surface area contributed by atoms with Gasteiger partial charge in [0.05, 0.1) is 40.2 Å². The Morgan fingerprint density at radius 2 is 1.53 bits per heavy atom. The molecule has 0 heterocycles. The summed E-state index contributed by atoms with van der Waals surface area (Å²) in [7, 11) is 5.72. The van der Waals surface area contributed by atoms with Gasteiger partial charge in [-0.2, -0.15) is 0 Å². The Morgan fingerprint density at radius 1 is 0.921 bits per heavy atom. The highest BCUT2D eigenvalue weighted by Crippen LogP contribution is 2.25. The van der Waals surface area contributed by atoms with Crippen molar-refractivity contribution in [3.05, 3.63) is 90.2 Å². The molecule has 0 saturated carbocycles.